The Hall–Kier alpha value is -2.29. The van der Waals surface area contributed by atoms with Gasteiger partial charge in [0.2, 0.25) is 5.95 Å². The second-order valence-electron chi connectivity index (χ2n) is 4.97. The third kappa shape index (κ3) is 2.32. The number of aromatic amines is 1. The van der Waals surface area contributed by atoms with E-state index in [4.69, 9.17) is 0 Å². The van der Waals surface area contributed by atoms with Gasteiger partial charge < -0.3 is 10.3 Å². The molecule has 0 bridgehead atoms. The molecule has 0 aliphatic heterocycles. The van der Waals surface area contributed by atoms with Crippen molar-refractivity contribution < 1.29 is 0 Å². The molecule has 2 aromatic carbocycles. The minimum Gasteiger partial charge on any atom is -0.325 e. The van der Waals surface area contributed by atoms with Gasteiger partial charge in [-0.25, -0.2) is 4.98 Å². The van der Waals surface area contributed by atoms with E-state index in [2.05, 4.69) is 47.3 Å². The number of benzene rings is 2. The number of rotatable bonds is 3. The van der Waals surface area contributed by atoms with Crippen molar-refractivity contribution in [2.75, 3.05) is 5.32 Å². The number of anilines is 2. The Morgan fingerprint density at radius 2 is 1.74 bits per heavy atom. The zero-order valence-corrected chi connectivity index (χ0v) is 11.1. The highest BCUT2D eigenvalue weighted by atomic mass is 15.1. The predicted molar refractivity (Wildman–Crippen MR) is 79.9 cm³/mol. The summed E-state index contributed by atoms with van der Waals surface area (Å²) >= 11 is 0. The molecule has 0 amide bonds. The van der Waals surface area contributed by atoms with Crippen LogP contribution in [0.4, 0.5) is 11.6 Å². The summed E-state index contributed by atoms with van der Waals surface area (Å²) in [5.74, 6) is 1.27. The second-order valence-corrected chi connectivity index (χ2v) is 4.97. The third-order valence-electron chi connectivity index (χ3n) is 3.23. The normalized spacial score (nSPS) is 11.1. The third-order valence-corrected chi connectivity index (χ3v) is 3.23. The van der Waals surface area contributed by atoms with Crippen LogP contribution in [0.1, 0.15) is 25.3 Å². The van der Waals surface area contributed by atoms with Crippen LogP contribution >= 0.6 is 0 Å². The SMILES string of the molecule is CC(C)c1ccccc1Nc1nc2ccccc2[nH]1. The molecule has 2 N–H and O–H groups in total. The Kier molecular flexibility index (Phi) is 2.95. The van der Waals surface area contributed by atoms with E-state index in [0.717, 1.165) is 22.7 Å². The number of para-hydroxylation sites is 3. The monoisotopic (exact) mass is 251 g/mol. The summed E-state index contributed by atoms with van der Waals surface area (Å²) in [4.78, 5) is 7.83. The van der Waals surface area contributed by atoms with E-state index in [9.17, 15) is 0 Å². The summed E-state index contributed by atoms with van der Waals surface area (Å²) in [7, 11) is 0. The van der Waals surface area contributed by atoms with E-state index in [-0.39, 0.29) is 0 Å². The first kappa shape index (κ1) is 11.8. The van der Waals surface area contributed by atoms with Crippen molar-refractivity contribution in [1.82, 2.24) is 9.97 Å². The van der Waals surface area contributed by atoms with E-state index in [0.29, 0.717) is 5.92 Å². The van der Waals surface area contributed by atoms with Crippen LogP contribution in [0, 0.1) is 0 Å². The van der Waals surface area contributed by atoms with Crippen molar-refractivity contribution in [3.8, 4) is 0 Å². The van der Waals surface area contributed by atoms with Gasteiger partial charge in [0.1, 0.15) is 0 Å². The number of fused-ring (bicyclic) bond motifs is 1. The lowest BCUT2D eigenvalue weighted by molar-refractivity contribution is 0.868. The molecule has 0 radical (unpaired) electrons. The maximum Gasteiger partial charge on any atom is 0.205 e. The van der Waals surface area contributed by atoms with Gasteiger partial charge >= 0.3 is 0 Å². The first-order valence-corrected chi connectivity index (χ1v) is 6.55. The highest BCUT2D eigenvalue weighted by Crippen LogP contribution is 2.26. The van der Waals surface area contributed by atoms with Crippen LogP contribution < -0.4 is 5.32 Å². The number of imidazole rings is 1. The summed E-state index contributed by atoms with van der Waals surface area (Å²) in [6.45, 7) is 4.39. The molecule has 3 aromatic rings. The molecule has 0 atom stereocenters. The Balaban J connectivity index is 1.97. The largest absolute Gasteiger partial charge is 0.325 e. The lowest BCUT2D eigenvalue weighted by atomic mass is 10.0. The average molecular weight is 251 g/mol. The fourth-order valence-electron chi connectivity index (χ4n) is 2.25. The molecule has 0 fully saturated rings. The van der Waals surface area contributed by atoms with Crippen molar-refractivity contribution in [2.45, 2.75) is 19.8 Å². The van der Waals surface area contributed by atoms with Gasteiger partial charge in [0.15, 0.2) is 0 Å². The zero-order valence-electron chi connectivity index (χ0n) is 11.1. The molecular weight excluding hydrogens is 234 g/mol. The molecule has 0 spiro atoms. The molecule has 1 heterocycles. The molecule has 19 heavy (non-hydrogen) atoms. The first-order valence-electron chi connectivity index (χ1n) is 6.55. The standard InChI is InChI=1S/C16H17N3/c1-11(2)12-7-3-4-8-13(12)17-16-18-14-9-5-6-10-15(14)19-16/h3-11H,1-2H3,(H2,17,18,19). The van der Waals surface area contributed by atoms with E-state index in [1.165, 1.54) is 5.56 Å². The lowest BCUT2D eigenvalue weighted by Gasteiger charge is -2.12. The van der Waals surface area contributed by atoms with E-state index in [1.54, 1.807) is 0 Å². The first-order chi connectivity index (χ1) is 9.24. The van der Waals surface area contributed by atoms with E-state index >= 15 is 0 Å². The highest BCUT2D eigenvalue weighted by molar-refractivity contribution is 5.78. The highest BCUT2D eigenvalue weighted by Gasteiger charge is 2.08. The molecule has 3 nitrogen and oxygen atoms in total. The van der Waals surface area contributed by atoms with Crippen LogP contribution in [0.15, 0.2) is 48.5 Å². The average Bonchev–Trinajstić information content (AvgIpc) is 2.81. The van der Waals surface area contributed by atoms with Crippen molar-refractivity contribution >= 4 is 22.7 Å². The minimum absolute atomic E-state index is 0.480. The molecule has 1 aromatic heterocycles. The van der Waals surface area contributed by atoms with Gasteiger partial charge in [-0.3, -0.25) is 0 Å². The van der Waals surface area contributed by atoms with E-state index < -0.39 is 0 Å². The van der Waals surface area contributed by atoms with Crippen LogP contribution in [-0.4, -0.2) is 9.97 Å². The fraction of sp³-hybridized carbons (Fsp3) is 0.188. The van der Waals surface area contributed by atoms with Crippen LogP contribution in [0.25, 0.3) is 11.0 Å². The number of aromatic nitrogens is 2. The fourth-order valence-corrected chi connectivity index (χ4v) is 2.25. The number of H-pyrrole nitrogens is 1. The number of nitrogens with one attached hydrogen (secondary N) is 2. The van der Waals surface area contributed by atoms with Gasteiger partial charge in [-0.2, -0.15) is 0 Å². The smallest absolute Gasteiger partial charge is 0.205 e. The van der Waals surface area contributed by atoms with Crippen LogP contribution in [0.3, 0.4) is 0 Å². The maximum absolute atomic E-state index is 4.54. The molecule has 0 unspecified atom stereocenters. The summed E-state index contributed by atoms with van der Waals surface area (Å²) in [5, 5.41) is 3.38. The quantitative estimate of drug-likeness (QED) is 0.723. The van der Waals surface area contributed by atoms with Gasteiger partial charge in [0.25, 0.3) is 0 Å². The van der Waals surface area contributed by atoms with Crippen molar-refractivity contribution in [2.24, 2.45) is 0 Å². The van der Waals surface area contributed by atoms with Crippen molar-refractivity contribution in [1.29, 1.82) is 0 Å². The van der Waals surface area contributed by atoms with Crippen LogP contribution in [0.2, 0.25) is 0 Å². The molecular formula is C16H17N3. The number of nitrogens with zero attached hydrogens (tertiary/aromatic N) is 1. The Bertz CT molecular complexity index is 665. The summed E-state index contributed by atoms with van der Waals surface area (Å²) < 4.78 is 0. The Morgan fingerprint density at radius 3 is 2.53 bits per heavy atom. The predicted octanol–water partition coefficient (Wildman–Crippen LogP) is 4.43. The topological polar surface area (TPSA) is 40.7 Å². The van der Waals surface area contributed by atoms with Crippen molar-refractivity contribution in [3.63, 3.8) is 0 Å². The van der Waals surface area contributed by atoms with Crippen molar-refractivity contribution in [3.05, 3.63) is 54.1 Å². The van der Waals surface area contributed by atoms with Gasteiger partial charge in [-0.1, -0.05) is 44.2 Å². The maximum atomic E-state index is 4.54. The molecule has 3 rings (SSSR count). The summed E-state index contributed by atoms with van der Waals surface area (Å²) in [6, 6.07) is 16.4. The number of hydrogen-bond acceptors (Lipinski definition) is 2. The summed E-state index contributed by atoms with van der Waals surface area (Å²) in [5.41, 5.74) is 4.43. The van der Waals surface area contributed by atoms with Crippen LogP contribution in [-0.2, 0) is 0 Å². The molecule has 0 saturated carbocycles. The van der Waals surface area contributed by atoms with Gasteiger partial charge in [-0.15, -0.1) is 0 Å². The minimum atomic E-state index is 0.480. The molecule has 0 saturated heterocycles. The Labute approximate surface area is 112 Å². The van der Waals surface area contributed by atoms with Gasteiger partial charge in [0, 0.05) is 5.69 Å². The zero-order chi connectivity index (χ0) is 13.2. The molecule has 96 valence electrons. The second kappa shape index (κ2) is 4.76. The molecule has 0 aliphatic rings. The number of hydrogen-bond donors (Lipinski definition) is 2. The van der Waals surface area contributed by atoms with E-state index in [1.807, 2.05) is 30.3 Å². The van der Waals surface area contributed by atoms with Gasteiger partial charge in [0.05, 0.1) is 11.0 Å². The molecule has 0 aliphatic carbocycles. The van der Waals surface area contributed by atoms with Gasteiger partial charge in [-0.05, 0) is 29.7 Å². The van der Waals surface area contributed by atoms with Crippen LogP contribution in [0.5, 0.6) is 0 Å². The Morgan fingerprint density at radius 1 is 1.00 bits per heavy atom. The lowest BCUT2D eigenvalue weighted by Crippen LogP contribution is -1.98. The molecule has 3 heteroatoms. The summed E-state index contributed by atoms with van der Waals surface area (Å²) in [6.07, 6.45) is 0.